The van der Waals surface area contributed by atoms with Crippen LogP contribution in [0.3, 0.4) is 0 Å². The molecular formula is C18H16O6. The normalized spacial score (nSPS) is 13.9. The number of Topliss-reactive ketones (excluding diaryl/α,β-unsaturated/α-hetero) is 1. The van der Waals surface area contributed by atoms with E-state index in [9.17, 15) is 14.7 Å². The molecule has 0 saturated heterocycles. The first-order valence-corrected chi connectivity index (χ1v) is 7.47. The Bertz CT molecular complexity index is 740. The molecule has 2 aromatic rings. The predicted molar refractivity (Wildman–Crippen MR) is 84.1 cm³/mol. The second-order valence-electron chi connectivity index (χ2n) is 5.20. The van der Waals surface area contributed by atoms with Crippen LogP contribution < -0.4 is 9.47 Å². The molecule has 1 heterocycles. The lowest BCUT2D eigenvalue weighted by Crippen LogP contribution is -2.20. The maximum atomic E-state index is 12.1. The third-order valence-electron chi connectivity index (χ3n) is 3.55. The van der Waals surface area contributed by atoms with Gasteiger partial charge in [0.25, 0.3) is 0 Å². The molecule has 0 bridgehead atoms. The van der Waals surface area contributed by atoms with Crippen molar-refractivity contribution < 1.29 is 28.9 Å². The molecular weight excluding hydrogens is 312 g/mol. The molecule has 0 radical (unpaired) electrons. The number of carbonyl (C=O) groups excluding carboxylic acids is 2. The van der Waals surface area contributed by atoms with Crippen LogP contribution in [0.4, 0.5) is 0 Å². The molecule has 1 aliphatic heterocycles. The standard InChI is InChI=1S/C18H16O6/c19-14(13-6-7-15-16(10-13)23-9-8-22-15)11-24-18(21)17(20)12-4-2-1-3-5-12/h1-7,10,17,20H,8-9,11H2/t17-/m0/s1. The number of carbonyl (C=O) groups is 2. The summed E-state index contributed by atoms with van der Waals surface area (Å²) in [5.41, 5.74) is 0.760. The molecule has 1 aliphatic rings. The van der Waals surface area contributed by atoms with Gasteiger partial charge in [-0.05, 0) is 23.8 Å². The third-order valence-corrected chi connectivity index (χ3v) is 3.55. The minimum Gasteiger partial charge on any atom is -0.486 e. The summed E-state index contributed by atoms with van der Waals surface area (Å²) >= 11 is 0. The minimum absolute atomic E-state index is 0.348. The van der Waals surface area contributed by atoms with E-state index >= 15 is 0 Å². The number of ether oxygens (including phenoxy) is 3. The van der Waals surface area contributed by atoms with Crippen molar-refractivity contribution in [1.82, 2.24) is 0 Å². The number of benzene rings is 2. The molecule has 0 aromatic heterocycles. The van der Waals surface area contributed by atoms with E-state index in [0.29, 0.717) is 35.8 Å². The summed E-state index contributed by atoms with van der Waals surface area (Å²) in [6.07, 6.45) is -1.42. The zero-order chi connectivity index (χ0) is 16.9. The van der Waals surface area contributed by atoms with E-state index in [1.54, 1.807) is 48.5 Å². The summed E-state index contributed by atoms with van der Waals surface area (Å²) in [6.45, 7) is 0.431. The van der Waals surface area contributed by atoms with Crippen molar-refractivity contribution >= 4 is 11.8 Å². The van der Waals surface area contributed by atoms with Crippen LogP contribution in [0.25, 0.3) is 0 Å². The molecule has 124 valence electrons. The van der Waals surface area contributed by atoms with Crippen molar-refractivity contribution in [1.29, 1.82) is 0 Å². The zero-order valence-corrected chi connectivity index (χ0v) is 12.8. The van der Waals surface area contributed by atoms with E-state index < -0.39 is 18.7 Å². The highest BCUT2D eigenvalue weighted by molar-refractivity contribution is 5.98. The Morgan fingerprint density at radius 3 is 2.50 bits per heavy atom. The highest BCUT2D eigenvalue weighted by atomic mass is 16.6. The van der Waals surface area contributed by atoms with Crippen LogP contribution in [-0.2, 0) is 9.53 Å². The predicted octanol–water partition coefficient (Wildman–Crippen LogP) is 1.92. The van der Waals surface area contributed by atoms with Crippen molar-refractivity contribution in [2.24, 2.45) is 0 Å². The second-order valence-corrected chi connectivity index (χ2v) is 5.20. The molecule has 1 atom stereocenters. The highest BCUT2D eigenvalue weighted by Gasteiger charge is 2.21. The largest absolute Gasteiger partial charge is 0.486 e. The van der Waals surface area contributed by atoms with Crippen molar-refractivity contribution in [2.45, 2.75) is 6.10 Å². The summed E-state index contributed by atoms with van der Waals surface area (Å²) < 4.78 is 15.7. The fraction of sp³-hybridized carbons (Fsp3) is 0.222. The molecule has 0 aliphatic carbocycles. The molecule has 1 N–H and O–H groups in total. The van der Waals surface area contributed by atoms with Crippen molar-refractivity contribution in [2.75, 3.05) is 19.8 Å². The maximum absolute atomic E-state index is 12.1. The molecule has 2 aromatic carbocycles. The number of fused-ring (bicyclic) bond motifs is 1. The van der Waals surface area contributed by atoms with Crippen molar-refractivity contribution in [3.8, 4) is 11.5 Å². The van der Waals surface area contributed by atoms with Crippen LogP contribution in [0.2, 0.25) is 0 Å². The summed E-state index contributed by atoms with van der Waals surface area (Å²) in [4.78, 5) is 24.0. The molecule has 0 spiro atoms. The first-order valence-electron chi connectivity index (χ1n) is 7.47. The Morgan fingerprint density at radius 2 is 1.75 bits per heavy atom. The van der Waals surface area contributed by atoms with Gasteiger partial charge in [0.15, 0.2) is 30.0 Å². The Hall–Kier alpha value is -2.86. The van der Waals surface area contributed by atoms with Crippen LogP contribution in [0.5, 0.6) is 11.5 Å². The molecule has 0 unspecified atom stereocenters. The van der Waals surface area contributed by atoms with Crippen LogP contribution in [0.1, 0.15) is 22.0 Å². The van der Waals surface area contributed by atoms with E-state index in [0.717, 1.165) is 0 Å². The smallest absolute Gasteiger partial charge is 0.340 e. The Labute approximate surface area is 138 Å². The highest BCUT2D eigenvalue weighted by Crippen LogP contribution is 2.30. The second kappa shape index (κ2) is 7.14. The number of aliphatic hydroxyl groups excluding tert-OH is 1. The molecule has 3 rings (SSSR count). The SMILES string of the molecule is O=C(COC(=O)[C@@H](O)c1ccccc1)c1ccc2c(c1)OCCO2. The number of hydrogen-bond acceptors (Lipinski definition) is 6. The summed E-state index contributed by atoms with van der Waals surface area (Å²) in [5, 5.41) is 9.91. The molecule has 24 heavy (non-hydrogen) atoms. The van der Waals surface area contributed by atoms with Crippen LogP contribution in [0.15, 0.2) is 48.5 Å². The van der Waals surface area contributed by atoms with Gasteiger partial charge >= 0.3 is 5.97 Å². The van der Waals surface area contributed by atoms with Gasteiger partial charge in [0, 0.05) is 5.56 Å². The van der Waals surface area contributed by atoms with E-state index in [1.165, 1.54) is 0 Å². The average molecular weight is 328 g/mol. The van der Waals surface area contributed by atoms with E-state index in [2.05, 4.69) is 0 Å². The van der Waals surface area contributed by atoms with Crippen LogP contribution in [-0.4, -0.2) is 36.7 Å². The summed E-state index contributed by atoms with van der Waals surface area (Å²) in [5.74, 6) is -0.190. The Kier molecular flexibility index (Phi) is 4.77. The molecule has 6 heteroatoms. The molecule has 0 amide bonds. The van der Waals surface area contributed by atoms with Gasteiger partial charge in [0.2, 0.25) is 0 Å². The lowest BCUT2D eigenvalue weighted by molar-refractivity contribution is -0.152. The molecule has 0 fully saturated rings. The van der Waals surface area contributed by atoms with Gasteiger partial charge in [-0.1, -0.05) is 30.3 Å². The maximum Gasteiger partial charge on any atom is 0.340 e. The molecule has 0 saturated carbocycles. The fourth-order valence-corrected chi connectivity index (χ4v) is 2.29. The van der Waals surface area contributed by atoms with Gasteiger partial charge in [0.1, 0.15) is 13.2 Å². The van der Waals surface area contributed by atoms with Gasteiger partial charge in [-0.25, -0.2) is 4.79 Å². The number of esters is 1. The quantitative estimate of drug-likeness (QED) is 0.667. The van der Waals surface area contributed by atoms with Gasteiger partial charge in [-0.3, -0.25) is 4.79 Å². The number of aliphatic hydroxyl groups is 1. The van der Waals surface area contributed by atoms with Crippen LogP contribution in [0, 0.1) is 0 Å². The number of rotatable bonds is 5. The van der Waals surface area contributed by atoms with E-state index in [-0.39, 0.29) is 5.78 Å². The topological polar surface area (TPSA) is 82.1 Å². The van der Waals surface area contributed by atoms with Gasteiger partial charge in [-0.2, -0.15) is 0 Å². The minimum atomic E-state index is -1.42. The Morgan fingerprint density at radius 1 is 1.04 bits per heavy atom. The lowest BCUT2D eigenvalue weighted by Gasteiger charge is -2.18. The lowest BCUT2D eigenvalue weighted by atomic mass is 10.1. The van der Waals surface area contributed by atoms with Gasteiger partial charge < -0.3 is 19.3 Å². The van der Waals surface area contributed by atoms with Crippen molar-refractivity contribution in [3.05, 3.63) is 59.7 Å². The molecule has 6 nitrogen and oxygen atoms in total. The fourth-order valence-electron chi connectivity index (χ4n) is 2.29. The third kappa shape index (κ3) is 3.55. The zero-order valence-electron chi connectivity index (χ0n) is 12.8. The monoisotopic (exact) mass is 328 g/mol. The van der Waals surface area contributed by atoms with Gasteiger partial charge in [-0.15, -0.1) is 0 Å². The first kappa shape index (κ1) is 16.0. The summed E-state index contributed by atoms with van der Waals surface area (Å²) in [7, 11) is 0. The van der Waals surface area contributed by atoms with E-state index in [1.807, 2.05) is 0 Å². The van der Waals surface area contributed by atoms with Crippen LogP contribution >= 0.6 is 0 Å². The first-order chi connectivity index (χ1) is 11.6. The van der Waals surface area contributed by atoms with Gasteiger partial charge in [0.05, 0.1) is 0 Å². The number of ketones is 1. The van der Waals surface area contributed by atoms with Crippen molar-refractivity contribution in [3.63, 3.8) is 0 Å². The average Bonchev–Trinajstić information content (AvgIpc) is 2.65. The van der Waals surface area contributed by atoms with E-state index in [4.69, 9.17) is 14.2 Å². The number of hydrogen-bond donors (Lipinski definition) is 1. The Balaban J connectivity index is 1.60. The summed E-state index contributed by atoms with van der Waals surface area (Å²) in [6, 6.07) is 13.2.